The first kappa shape index (κ1) is 18.5. The normalized spacial score (nSPS) is 18.4. The van der Waals surface area contributed by atoms with Gasteiger partial charge in [-0.15, -0.1) is 0 Å². The first-order valence-corrected chi connectivity index (χ1v) is 9.74. The second-order valence-corrected chi connectivity index (χ2v) is 7.48. The fraction of sp³-hybridized carbons (Fsp3) is 0.240. The number of ether oxygens (including phenoxy) is 1. The van der Waals surface area contributed by atoms with E-state index in [0.29, 0.717) is 5.92 Å². The van der Waals surface area contributed by atoms with Gasteiger partial charge in [-0.05, 0) is 53.0 Å². The lowest BCUT2D eigenvalue weighted by Crippen LogP contribution is -2.31. The highest BCUT2D eigenvalue weighted by Crippen LogP contribution is 2.39. The van der Waals surface area contributed by atoms with E-state index in [4.69, 9.17) is 9.84 Å². The van der Waals surface area contributed by atoms with Crippen molar-refractivity contribution in [2.75, 3.05) is 6.61 Å². The first-order valence-electron chi connectivity index (χ1n) is 9.74. The molecule has 1 fully saturated rings. The van der Waals surface area contributed by atoms with Gasteiger partial charge in [0.1, 0.15) is 6.61 Å². The van der Waals surface area contributed by atoms with Crippen molar-refractivity contribution in [1.29, 1.82) is 0 Å². The first-order chi connectivity index (χ1) is 13.7. The lowest BCUT2D eigenvalue weighted by atomic mass is 9.77. The molecule has 4 rings (SSSR count). The van der Waals surface area contributed by atoms with Crippen molar-refractivity contribution in [2.45, 2.75) is 31.3 Å². The standard InChI is InChI=1S/C25H24O3/c26-25(27)17-28-24-15-23(16-24)21-11-9-20(10-12-21)22-8-4-7-19(14-22)13-18-5-2-1-3-6-18/h1-12,14,23-24H,13,15-17H2,(H,26,27). The Morgan fingerprint density at radius 2 is 1.57 bits per heavy atom. The Labute approximate surface area is 165 Å². The van der Waals surface area contributed by atoms with E-state index in [1.54, 1.807) is 0 Å². The van der Waals surface area contributed by atoms with Gasteiger partial charge in [0.2, 0.25) is 0 Å². The molecule has 0 amide bonds. The molecule has 1 N–H and O–H groups in total. The second-order valence-electron chi connectivity index (χ2n) is 7.48. The number of benzene rings is 3. The highest BCUT2D eigenvalue weighted by atomic mass is 16.5. The predicted molar refractivity (Wildman–Crippen MR) is 110 cm³/mol. The summed E-state index contributed by atoms with van der Waals surface area (Å²) in [5, 5.41) is 8.68. The summed E-state index contributed by atoms with van der Waals surface area (Å²) in [6, 6.07) is 28.0. The maximum atomic E-state index is 10.6. The summed E-state index contributed by atoms with van der Waals surface area (Å²) in [5.74, 6) is -0.431. The van der Waals surface area contributed by atoms with Crippen LogP contribution in [-0.2, 0) is 16.0 Å². The Kier molecular flexibility index (Phi) is 5.54. The molecule has 0 spiro atoms. The third-order valence-electron chi connectivity index (χ3n) is 5.43. The molecular formula is C25H24O3. The van der Waals surface area contributed by atoms with E-state index in [9.17, 15) is 4.79 Å². The molecule has 3 aromatic carbocycles. The third-order valence-corrected chi connectivity index (χ3v) is 5.43. The Hall–Kier alpha value is -2.91. The van der Waals surface area contributed by atoms with Crippen LogP contribution in [0.2, 0.25) is 0 Å². The maximum Gasteiger partial charge on any atom is 0.329 e. The number of carboxylic acid groups (broad SMARTS) is 1. The minimum Gasteiger partial charge on any atom is -0.480 e. The van der Waals surface area contributed by atoms with Crippen LogP contribution in [0.1, 0.15) is 35.4 Å². The van der Waals surface area contributed by atoms with Crippen LogP contribution in [0.25, 0.3) is 11.1 Å². The molecule has 28 heavy (non-hydrogen) atoms. The Balaban J connectivity index is 1.39. The Morgan fingerprint density at radius 1 is 0.857 bits per heavy atom. The van der Waals surface area contributed by atoms with E-state index < -0.39 is 5.97 Å². The van der Waals surface area contributed by atoms with Crippen molar-refractivity contribution >= 4 is 5.97 Å². The van der Waals surface area contributed by atoms with E-state index in [0.717, 1.165) is 19.3 Å². The van der Waals surface area contributed by atoms with Gasteiger partial charge in [-0.25, -0.2) is 4.79 Å². The number of carbonyl (C=O) groups is 1. The molecule has 0 unspecified atom stereocenters. The highest BCUT2D eigenvalue weighted by Gasteiger charge is 2.31. The van der Waals surface area contributed by atoms with Crippen molar-refractivity contribution in [2.24, 2.45) is 0 Å². The molecule has 0 aromatic heterocycles. The summed E-state index contributed by atoms with van der Waals surface area (Å²) in [4.78, 5) is 10.6. The van der Waals surface area contributed by atoms with E-state index in [2.05, 4.69) is 72.8 Å². The topological polar surface area (TPSA) is 46.5 Å². The minimum atomic E-state index is -0.901. The largest absolute Gasteiger partial charge is 0.480 e. The minimum absolute atomic E-state index is 0.0791. The summed E-state index contributed by atoms with van der Waals surface area (Å²) in [6.07, 6.45) is 2.82. The number of hydrogen-bond acceptors (Lipinski definition) is 2. The second kappa shape index (κ2) is 8.41. The molecule has 0 bridgehead atoms. The SMILES string of the molecule is O=C(O)COC1CC(c2ccc(-c3cccc(Cc4ccccc4)c3)cc2)C1. The molecule has 0 heterocycles. The molecule has 3 nitrogen and oxygen atoms in total. The van der Waals surface area contributed by atoms with Gasteiger partial charge in [0, 0.05) is 0 Å². The molecule has 1 saturated carbocycles. The summed E-state index contributed by atoms with van der Waals surface area (Å²) >= 11 is 0. The molecule has 0 saturated heterocycles. The lowest BCUT2D eigenvalue weighted by Gasteiger charge is -2.35. The van der Waals surface area contributed by atoms with E-state index in [1.807, 2.05) is 6.07 Å². The number of hydrogen-bond donors (Lipinski definition) is 1. The highest BCUT2D eigenvalue weighted by molar-refractivity contribution is 5.68. The molecule has 1 aliphatic carbocycles. The smallest absolute Gasteiger partial charge is 0.329 e. The lowest BCUT2D eigenvalue weighted by molar-refractivity contribution is -0.146. The summed E-state index contributed by atoms with van der Waals surface area (Å²) in [6.45, 7) is -0.199. The van der Waals surface area contributed by atoms with Gasteiger partial charge in [0.25, 0.3) is 0 Å². The average molecular weight is 372 g/mol. The number of rotatable bonds is 7. The van der Waals surface area contributed by atoms with Gasteiger partial charge < -0.3 is 9.84 Å². The fourth-order valence-electron chi connectivity index (χ4n) is 3.80. The van der Waals surface area contributed by atoms with Gasteiger partial charge in [-0.3, -0.25) is 0 Å². The molecule has 3 aromatic rings. The van der Waals surface area contributed by atoms with Gasteiger partial charge in [-0.1, -0.05) is 78.9 Å². The summed E-state index contributed by atoms with van der Waals surface area (Å²) in [5.41, 5.74) is 6.39. The predicted octanol–water partition coefficient (Wildman–Crippen LogP) is 5.29. The molecule has 0 atom stereocenters. The monoisotopic (exact) mass is 372 g/mol. The van der Waals surface area contributed by atoms with Crippen molar-refractivity contribution in [3.05, 3.63) is 95.6 Å². The summed E-state index contributed by atoms with van der Waals surface area (Å²) in [7, 11) is 0. The Bertz CT molecular complexity index is 926. The van der Waals surface area contributed by atoms with E-state index in [1.165, 1.54) is 27.8 Å². The van der Waals surface area contributed by atoms with Gasteiger partial charge in [-0.2, -0.15) is 0 Å². The zero-order chi connectivity index (χ0) is 19.3. The third kappa shape index (κ3) is 4.49. The quantitative estimate of drug-likeness (QED) is 0.613. The van der Waals surface area contributed by atoms with Crippen LogP contribution >= 0.6 is 0 Å². The zero-order valence-electron chi connectivity index (χ0n) is 15.8. The van der Waals surface area contributed by atoms with Gasteiger partial charge in [0.05, 0.1) is 6.10 Å². The zero-order valence-corrected chi connectivity index (χ0v) is 15.8. The summed E-state index contributed by atoms with van der Waals surface area (Å²) < 4.78 is 5.35. The van der Waals surface area contributed by atoms with Crippen molar-refractivity contribution in [3.63, 3.8) is 0 Å². The molecule has 3 heteroatoms. The van der Waals surface area contributed by atoms with Crippen LogP contribution in [0, 0.1) is 0 Å². The van der Waals surface area contributed by atoms with Crippen LogP contribution in [0.5, 0.6) is 0 Å². The van der Waals surface area contributed by atoms with Crippen LogP contribution in [-0.4, -0.2) is 23.8 Å². The average Bonchev–Trinajstić information content (AvgIpc) is 2.68. The van der Waals surface area contributed by atoms with Gasteiger partial charge >= 0.3 is 5.97 Å². The van der Waals surface area contributed by atoms with E-state index in [-0.39, 0.29) is 12.7 Å². The van der Waals surface area contributed by atoms with Gasteiger partial charge in [0.15, 0.2) is 0 Å². The van der Waals surface area contributed by atoms with Crippen LogP contribution in [0.4, 0.5) is 0 Å². The molecular weight excluding hydrogens is 348 g/mol. The Morgan fingerprint density at radius 3 is 2.29 bits per heavy atom. The van der Waals surface area contributed by atoms with Crippen LogP contribution in [0.15, 0.2) is 78.9 Å². The van der Waals surface area contributed by atoms with Crippen molar-refractivity contribution in [1.82, 2.24) is 0 Å². The number of carboxylic acids is 1. The van der Waals surface area contributed by atoms with Crippen molar-refractivity contribution in [3.8, 4) is 11.1 Å². The molecule has 1 aliphatic rings. The molecule has 142 valence electrons. The van der Waals surface area contributed by atoms with E-state index >= 15 is 0 Å². The number of aliphatic carboxylic acids is 1. The van der Waals surface area contributed by atoms with Crippen LogP contribution < -0.4 is 0 Å². The fourth-order valence-corrected chi connectivity index (χ4v) is 3.80. The molecule has 0 aliphatic heterocycles. The van der Waals surface area contributed by atoms with Crippen molar-refractivity contribution < 1.29 is 14.6 Å². The maximum absolute atomic E-state index is 10.6. The molecule has 0 radical (unpaired) electrons. The van der Waals surface area contributed by atoms with Crippen LogP contribution in [0.3, 0.4) is 0 Å².